The third-order valence-corrected chi connectivity index (χ3v) is 6.96. The minimum Gasteiger partial charge on any atom is -0.340 e. The average molecular weight is 492 g/mol. The lowest BCUT2D eigenvalue weighted by atomic mass is 9.85. The topological polar surface area (TPSA) is 76.2 Å². The number of likely N-dealkylation sites (tertiary alicyclic amines) is 1. The van der Waals surface area contributed by atoms with Crippen LogP contribution in [-0.2, 0) is 16.1 Å². The summed E-state index contributed by atoms with van der Waals surface area (Å²) in [5.41, 5.74) is 0.905. The van der Waals surface area contributed by atoms with E-state index < -0.39 is 5.54 Å². The fourth-order valence-corrected chi connectivity index (χ4v) is 5.03. The first-order chi connectivity index (χ1) is 17.1. The summed E-state index contributed by atoms with van der Waals surface area (Å²) < 4.78 is 0. The molecule has 2 fully saturated rings. The van der Waals surface area contributed by atoms with Gasteiger partial charge in [0.15, 0.2) is 0 Å². The number of hydrogen-bond acceptors (Lipinski definition) is 4. The summed E-state index contributed by atoms with van der Waals surface area (Å²) in [6.07, 6.45) is 1.03. The van der Waals surface area contributed by atoms with Crippen molar-refractivity contribution in [2.45, 2.75) is 51.2 Å². The summed E-state index contributed by atoms with van der Waals surface area (Å²) in [6.45, 7) is 7.70. The molecular formula is C28H37N5O3. The third-order valence-electron chi connectivity index (χ3n) is 6.96. The quantitative estimate of drug-likeness (QED) is 0.697. The second kappa shape index (κ2) is 10.2. The second-order valence-electron chi connectivity index (χ2n) is 10.8. The molecule has 4 amide bonds. The number of amides is 4. The number of benzene rings is 2. The summed E-state index contributed by atoms with van der Waals surface area (Å²) in [5, 5.41) is 3.02. The number of para-hydroxylation sites is 1. The Labute approximate surface area is 213 Å². The zero-order chi connectivity index (χ0) is 25.9. The van der Waals surface area contributed by atoms with E-state index in [1.807, 2.05) is 81.4 Å². The molecule has 2 saturated heterocycles. The predicted molar refractivity (Wildman–Crippen MR) is 140 cm³/mol. The van der Waals surface area contributed by atoms with Crippen molar-refractivity contribution in [3.63, 3.8) is 0 Å². The van der Waals surface area contributed by atoms with E-state index in [-0.39, 0.29) is 29.9 Å². The van der Waals surface area contributed by atoms with Crippen LogP contribution in [0.1, 0.15) is 39.2 Å². The van der Waals surface area contributed by atoms with Crippen LogP contribution in [0.3, 0.4) is 0 Å². The maximum atomic E-state index is 13.9. The number of rotatable bonds is 5. The maximum absolute atomic E-state index is 13.9. The smallest absolute Gasteiger partial charge is 0.317 e. The molecule has 1 spiro atoms. The van der Waals surface area contributed by atoms with E-state index in [1.54, 1.807) is 21.7 Å². The molecule has 0 aliphatic carbocycles. The molecule has 4 rings (SSSR count). The zero-order valence-corrected chi connectivity index (χ0v) is 21.7. The van der Waals surface area contributed by atoms with Crippen molar-refractivity contribution in [1.29, 1.82) is 0 Å². The number of nitrogens with one attached hydrogen (secondary N) is 1. The minimum atomic E-state index is -0.766. The molecule has 1 N–H and O–H groups in total. The SMILES string of the molecule is CN(Cc1ccccc1)C(=O)CN1CN(c2ccccc2)C2(CCN(C(=O)NC(C)(C)C)CC2)C1=O. The molecule has 2 aliphatic heterocycles. The molecule has 2 aromatic rings. The lowest BCUT2D eigenvalue weighted by Gasteiger charge is -2.43. The summed E-state index contributed by atoms with van der Waals surface area (Å²) in [7, 11) is 1.77. The number of nitrogens with zero attached hydrogens (tertiary/aromatic N) is 4. The molecule has 8 nitrogen and oxygen atoms in total. The van der Waals surface area contributed by atoms with Crippen molar-refractivity contribution in [2.75, 3.05) is 38.3 Å². The maximum Gasteiger partial charge on any atom is 0.317 e. The van der Waals surface area contributed by atoms with Gasteiger partial charge in [-0.2, -0.15) is 0 Å². The Balaban J connectivity index is 1.49. The molecule has 0 bridgehead atoms. The Morgan fingerprint density at radius 1 is 0.972 bits per heavy atom. The molecule has 192 valence electrons. The number of urea groups is 1. The molecule has 0 atom stereocenters. The van der Waals surface area contributed by atoms with E-state index >= 15 is 0 Å². The van der Waals surface area contributed by atoms with Crippen LogP contribution < -0.4 is 10.2 Å². The van der Waals surface area contributed by atoms with Gasteiger partial charge >= 0.3 is 6.03 Å². The van der Waals surface area contributed by atoms with Gasteiger partial charge in [0.05, 0.1) is 6.67 Å². The van der Waals surface area contributed by atoms with Crippen LogP contribution in [-0.4, -0.2) is 77.0 Å². The van der Waals surface area contributed by atoms with Crippen LogP contribution in [0.15, 0.2) is 60.7 Å². The van der Waals surface area contributed by atoms with Gasteiger partial charge < -0.3 is 24.9 Å². The third kappa shape index (κ3) is 5.48. The fourth-order valence-electron chi connectivity index (χ4n) is 5.03. The zero-order valence-electron chi connectivity index (χ0n) is 21.7. The highest BCUT2D eigenvalue weighted by atomic mass is 16.2. The van der Waals surface area contributed by atoms with Crippen molar-refractivity contribution in [2.24, 2.45) is 0 Å². The molecule has 36 heavy (non-hydrogen) atoms. The number of piperidine rings is 1. The highest BCUT2D eigenvalue weighted by Crippen LogP contribution is 2.39. The van der Waals surface area contributed by atoms with Gasteiger partial charge in [0.1, 0.15) is 12.1 Å². The van der Waals surface area contributed by atoms with Crippen molar-refractivity contribution < 1.29 is 14.4 Å². The number of carbonyl (C=O) groups is 3. The second-order valence-corrected chi connectivity index (χ2v) is 10.8. The molecule has 2 aliphatic rings. The van der Waals surface area contributed by atoms with E-state index in [9.17, 15) is 14.4 Å². The van der Waals surface area contributed by atoms with Crippen LogP contribution in [0.4, 0.5) is 10.5 Å². The molecule has 8 heteroatoms. The number of hydrogen-bond donors (Lipinski definition) is 1. The van der Waals surface area contributed by atoms with Crippen LogP contribution >= 0.6 is 0 Å². The molecule has 2 heterocycles. The van der Waals surface area contributed by atoms with Gasteiger partial charge in [-0.25, -0.2) is 4.79 Å². The van der Waals surface area contributed by atoms with E-state index in [4.69, 9.17) is 0 Å². The van der Waals surface area contributed by atoms with E-state index in [2.05, 4.69) is 10.2 Å². The van der Waals surface area contributed by atoms with Crippen molar-refractivity contribution in [3.05, 3.63) is 66.2 Å². The van der Waals surface area contributed by atoms with Gasteiger partial charge in [0.25, 0.3) is 5.91 Å². The molecule has 2 aromatic carbocycles. The van der Waals surface area contributed by atoms with Crippen molar-refractivity contribution >= 4 is 23.5 Å². The highest BCUT2D eigenvalue weighted by Gasteiger charge is 2.54. The average Bonchev–Trinajstić information content (AvgIpc) is 3.10. The standard InChI is InChI=1S/C28H37N5O3/c1-27(2,3)29-26(36)31-17-15-28(16-18-31)25(35)32(21-33(28)23-13-9-6-10-14-23)20-24(34)30(4)19-22-11-7-5-8-12-22/h5-14H,15-21H2,1-4H3,(H,29,36). The Morgan fingerprint density at radius 3 is 2.14 bits per heavy atom. The fraction of sp³-hybridized carbons (Fsp3) is 0.464. The summed E-state index contributed by atoms with van der Waals surface area (Å²) >= 11 is 0. The normalized spacial score (nSPS) is 17.4. The lowest BCUT2D eigenvalue weighted by Crippen LogP contribution is -2.59. The molecule has 0 aromatic heterocycles. The molecule has 0 unspecified atom stereocenters. The summed E-state index contributed by atoms with van der Waals surface area (Å²) in [4.78, 5) is 47.0. The number of likely N-dealkylation sites (N-methyl/N-ethyl adjacent to an activating group) is 1. The van der Waals surface area contributed by atoms with Gasteiger partial charge in [-0.05, 0) is 51.3 Å². The first-order valence-electron chi connectivity index (χ1n) is 12.6. The number of carbonyl (C=O) groups excluding carboxylic acids is 3. The van der Waals surface area contributed by atoms with E-state index in [1.165, 1.54) is 0 Å². The molecule has 0 radical (unpaired) electrons. The van der Waals surface area contributed by atoms with Gasteiger partial charge in [0.2, 0.25) is 5.91 Å². The minimum absolute atomic E-state index is 0.0292. The molecular weight excluding hydrogens is 454 g/mol. The Bertz CT molecular complexity index is 1080. The first-order valence-corrected chi connectivity index (χ1v) is 12.6. The monoisotopic (exact) mass is 491 g/mol. The Kier molecular flexibility index (Phi) is 7.24. The van der Waals surface area contributed by atoms with Crippen molar-refractivity contribution in [1.82, 2.24) is 20.0 Å². The van der Waals surface area contributed by atoms with Crippen LogP contribution in [0, 0.1) is 0 Å². The van der Waals surface area contributed by atoms with E-state index in [0.29, 0.717) is 39.1 Å². The van der Waals surface area contributed by atoms with Crippen LogP contribution in [0.25, 0.3) is 0 Å². The highest BCUT2D eigenvalue weighted by molar-refractivity contribution is 5.96. The Morgan fingerprint density at radius 2 is 1.56 bits per heavy atom. The van der Waals surface area contributed by atoms with E-state index in [0.717, 1.165) is 11.3 Å². The summed E-state index contributed by atoms with van der Waals surface area (Å²) in [6, 6.07) is 19.6. The predicted octanol–water partition coefficient (Wildman–Crippen LogP) is 3.29. The number of anilines is 1. The Hall–Kier alpha value is -3.55. The van der Waals surface area contributed by atoms with Gasteiger partial charge in [0, 0.05) is 37.9 Å². The summed E-state index contributed by atoms with van der Waals surface area (Å²) in [5.74, 6) is -0.136. The van der Waals surface area contributed by atoms with Gasteiger partial charge in [-0.1, -0.05) is 48.5 Å². The lowest BCUT2D eigenvalue weighted by molar-refractivity contribution is -0.140. The largest absolute Gasteiger partial charge is 0.340 e. The first kappa shape index (κ1) is 25.5. The van der Waals surface area contributed by atoms with Gasteiger partial charge in [-0.15, -0.1) is 0 Å². The molecule has 0 saturated carbocycles. The van der Waals surface area contributed by atoms with Crippen LogP contribution in [0.5, 0.6) is 0 Å². The van der Waals surface area contributed by atoms with Gasteiger partial charge in [-0.3, -0.25) is 9.59 Å². The van der Waals surface area contributed by atoms with Crippen LogP contribution in [0.2, 0.25) is 0 Å². The van der Waals surface area contributed by atoms with Crippen molar-refractivity contribution in [3.8, 4) is 0 Å².